The first-order valence-electron chi connectivity index (χ1n) is 9.48. The van der Waals surface area contributed by atoms with Gasteiger partial charge in [-0.25, -0.2) is 9.37 Å². The van der Waals surface area contributed by atoms with Crippen LogP contribution in [0.5, 0.6) is 0 Å². The lowest BCUT2D eigenvalue weighted by molar-refractivity contribution is 0.103. The fourth-order valence-electron chi connectivity index (χ4n) is 3.91. The zero-order valence-corrected chi connectivity index (χ0v) is 15.8. The molecule has 0 radical (unpaired) electrons. The Hall–Kier alpha value is -3.73. The zero-order valence-electron chi connectivity index (χ0n) is 15.8. The Morgan fingerprint density at radius 1 is 1.00 bits per heavy atom. The van der Waals surface area contributed by atoms with Crippen molar-refractivity contribution in [1.29, 1.82) is 0 Å². The number of fused-ring (bicyclic) bond motifs is 3. The minimum atomic E-state index is -0.348. The summed E-state index contributed by atoms with van der Waals surface area (Å²) in [6.45, 7) is 1.93. The molecule has 1 aliphatic rings. The van der Waals surface area contributed by atoms with Crippen molar-refractivity contribution in [3.05, 3.63) is 101 Å². The number of carbonyl (C=O) groups excluding carboxylic acids is 1. The topological polar surface area (TPSA) is 46.9 Å². The second-order valence-corrected chi connectivity index (χ2v) is 7.09. The summed E-state index contributed by atoms with van der Waals surface area (Å²) in [4.78, 5) is 18.2. The first-order chi connectivity index (χ1) is 14.1. The van der Waals surface area contributed by atoms with Crippen molar-refractivity contribution in [2.24, 2.45) is 0 Å². The van der Waals surface area contributed by atoms with Gasteiger partial charge in [-0.05, 0) is 31.2 Å². The first kappa shape index (κ1) is 17.4. The van der Waals surface area contributed by atoms with Gasteiger partial charge < -0.3 is 5.32 Å². The van der Waals surface area contributed by atoms with Crippen LogP contribution in [0.25, 0.3) is 16.7 Å². The summed E-state index contributed by atoms with van der Waals surface area (Å²) < 4.78 is 16.1. The van der Waals surface area contributed by atoms with Crippen molar-refractivity contribution in [2.45, 2.75) is 13.0 Å². The summed E-state index contributed by atoms with van der Waals surface area (Å²) in [5.41, 5.74) is 4.15. The summed E-state index contributed by atoms with van der Waals surface area (Å²) in [5.74, 6) is 0.203. The predicted octanol–water partition coefficient (Wildman–Crippen LogP) is 5.13. The van der Waals surface area contributed by atoms with Gasteiger partial charge in [0, 0.05) is 16.7 Å². The predicted molar refractivity (Wildman–Crippen MR) is 112 cm³/mol. The van der Waals surface area contributed by atoms with Gasteiger partial charge in [-0.3, -0.25) is 9.36 Å². The highest BCUT2D eigenvalue weighted by atomic mass is 19.1. The van der Waals surface area contributed by atoms with Crippen LogP contribution in [0.4, 0.5) is 10.3 Å². The summed E-state index contributed by atoms with van der Waals surface area (Å²) in [7, 11) is 0. The first-order valence-corrected chi connectivity index (χ1v) is 9.48. The molecule has 1 aromatic heterocycles. The number of ketones is 1. The fraction of sp³-hybridized carbons (Fsp3) is 0.0833. The molecule has 0 aliphatic carbocycles. The maximum Gasteiger partial charge on any atom is 0.209 e. The van der Waals surface area contributed by atoms with E-state index in [0.717, 1.165) is 11.0 Å². The minimum absolute atomic E-state index is 0.0895. The Labute approximate surface area is 167 Å². The van der Waals surface area contributed by atoms with Crippen LogP contribution in [-0.2, 0) is 0 Å². The molecule has 0 saturated heterocycles. The van der Waals surface area contributed by atoms with Gasteiger partial charge in [0.25, 0.3) is 0 Å². The van der Waals surface area contributed by atoms with Crippen LogP contribution in [0.1, 0.15) is 22.8 Å². The minimum Gasteiger partial charge on any atom is -0.349 e. The smallest absolute Gasteiger partial charge is 0.209 e. The Kier molecular flexibility index (Phi) is 4.02. The van der Waals surface area contributed by atoms with Crippen LogP contribution in [-0.4, -0.2) is 21.4 Å². The molecule has 3 aromatic carbocycles. The molecule has 0 unspecified atom stereocenters. The van der Waals surface area contributed by atoms with Crippen LogP contribution in [0.3, 0.4) is 0 Å². The van der Waals surface area contributed by atoms with E-state index >= 15 is 0 Å². The van der Waals surface area contributed by atoms with Crippen LogP contribution in [0.2, 0.25) is 0 Å². The molecule has 0 amide bonds. The van der Waals surface area contributed by atoms with Gasteiger partial charge in [-0.15, -0.1) is 0 Å². The van der Waals surface area contributed by atoms with Gasteiger partial charge in [0.2, 0.25) is 5.95 Å². The number of Topliss-reactive ketones (excluding diaryl/α,β-unsaturated/α-hetero) is 1. The van der Waals surface area contributed by atoms with Gasteiger partial charge in [0.05, 0.1) is 22.8 Å². The molecule has 5 rings (SSSR count). The molecular formula is C24H18FN3O. The van der Waals surface area contributed by atoms with E-state index in [9.17, 15) is 9.18 Å². The Balaban J connectivity index is 1.85. The Morgan fingerprint density at radius 3 is 2.55 bits per heavy atom. The summed E-state index contributed by atoms with van der Waals surface area (Å²) in [6.07, 6.45) is 0. The highest BCUT2D eigenvalue weighted by Crippen LogP contribution is 2.37. The van der Waals surface area contributed by atoms with E-state index in [1.165, 1.54) is 12.1 Å². The molecular weight excluding hydrogens is 365 g/mol. The fourth-order valence-corrected chi connectivity index (χ4v) is 3.91. The lowest BCUT2D eigenvalue weighted by Gasteiger charge is -2.29. The largest absolute Gasteiger partial charge is 0.349 e. The number of benzene rings is 3. The van der Waals surface area contributed by atoms with Gasteiger partial charge in [-0.1, -0.05) is 54.6 Å². The third-order valence-electron chi connectivity index (χ3n) is 5.20. The van der Waals surface area contributed by atoms with E-state index in [1.807, 2.05) is 60.0 Å². The van der Waals surface area contributed by atoms with E-state index in [2.05, 4.69) is 10.3 Å². The number of para-hydroxylation sites is 2. The lowest BCUT2D eigenvalue weighted by atomic mass is 9.92. The summed E-state index contributed by atoms with van der Waals surface area (Å²) >= 11 is 0. The molecule has 2 heterocycles. The summed E-state index contributed by atoms with van der Waals surface area (Å²) in [5, 5.41) is 3.34. The van der Waals surface area contributed by atoms with Gasteiger partial charge >= 0.3 is 0 Å². The molecule has 5 heteroatoms. The standard InChI is InChI=1S/C24H18FN3O/c1-15-21(23(29)16-8-3-2-4-9-16)22(17-10-7-11-18(25)14-17)28-20-13-6-5-12-19(20)27-24(28)26-15/h2-15H,1H3,(H,26,27)/t15-/m0/s1. The van der Waals surface area contributed by atoms with Crippen molar-refractivity contribution >= 4 is 28.5 Å². The maximum absolute atomic E-state index is 14.1. The van der Waals surface area contributed by atoms with E-state index < -0.39 is 0 Å². The quantitative estimate of drug-likeness (QED) is 0.499. The average Bonchev–Trinajstić information content (AvgIpc) is 3.10. The molecule has 1 atom stereocenters. The molecule has 142 valence electrons. The highest BCUT2D eigenvalue weighted by molar-refractivity contribution is 6.15. The van der Waals surface area contributed by atoms with E-state index in [0.29, 0.717) is 28.3 Å². The SMILES string of the molecule is C[C@@H]1Nc2nc3ccccc3n2C(c2cccc(F)c2)=C1C(=O)c1ccccc1. The molecule has 1 aliphatic heterocycles. The van der Waals surface area contributed by atoms with E-state index in [-0.39, 0.29) is 17.6 Å². The zero-order chi connectivity index (χ0) is 20.0. The second kappa shape index (κ2) is 6.71. The Morgan fingerprint density at radius 2 is 1.76 bits per heavy atom. The van der Waals surface area contributed by atoms with Crippen LogP contribution in [0, 0.1) is 5.82 Å². The average molecular weight is 383 g/mol. The molecule has 0 spiro atoms. The number of carbonyl (C=O) groups is 1. The van der Waals surface area contributed by atoms with Crippen molar-refractivity contribution in [3.8, 4) is 0 Å². The number of nitrogens with one attached hydrogen (secondary N) is 1. The molecule has 0 fully saturated rings. The number of rotatable bonds is 3. The van der Waals surface area contributed by atoms with Crippen molar-refractivity contribution in [2.75, 3.05) is 5.32 Å². The maximum atomic E-state index is 14.1. The second-order valence-electron chi connectivity index (χ2n) is 7.09. The number of aromatic nitrogens is 2. The molecule has 1 N–H and O–H groups in total. The molecule has 29 heavy (non-hydrogen) atoms. The summed E-state index contributed by atoms with van der Waals surface area (Å²) in [6, 6.07) is 23.0. The van der Waals surface area contributed by atoms with Crippen LogP contribution in [0.15, 0.2) is 84.4 Å². The van der Waals surface area contributed by atoms with E-state index in [1.54, 1.807) is 18.2 Å². The van der Waals surface area contributed by atoms with Gasteiger partial charge in [0.1, 0.15) is 5.82 Å². The third kappa shape index (κ3) is 2.83. The lowest BCUT2D eigenvalue weighted by Crippen LogP contribution is -2.32. The highest BCUT2D eigenvalue weighted by Gasteiger charge is 2.32. The molecule has 0 bridgehead atoms. The number of nitrogens with zero attached hydrogens (tertiary/aromatic N) is 2. The number of anilines is 1. The third-order valence-corrected chi connectivity index (χ3v) is 5.20. The van der Waals surface area contributed by atoms with Crippen molar-refractivity contribution < 1.29 is 9.18 Å². The number of hydrogen-bond acceptors (Lipinski definition) is 3. The van der Waals surface area contributed by atoms with Gasteiger partial charge in [-0.2, -0.15) is 0 Å². The number of imidazole rings is 1. The Bertz CT molecular complexity index is 1270. The molecule has 0 saturated carbocycles. The van der Waals surface area contributed by atoms with Crippen LogP contribution >= 0.6 is 0 Å². The molecule has 4 nitrogen and oxygen atoms in total. The number of hydrogen-bond donors (Lipinski definition) is 1. The number of halogens is 1. The normalized spacial score (nSPS) is 15.9. The van der Waals surface area contributed by atoms with Gasteiger partial charge in [0.15, 0.2) is 5.78 Å². The molecule has 4 aromatic rings. The monoisotopic (exact) mass is 383 g/mol. The van der Waals surface area contributed by atoms with Crippen molar-refractivity contribution in [3.63, 3.8) is 0 Å². The van der Waals surface area contributed by atoms with Crippen molar-refractivity contribution in [1.82, 2.24) is 9.55 Å². The van der Waals surface area contributed by atoms with E-state index in [4.69, 9.17) is 0 Å². The van der Waals surface area contributed by atoms with Crippen LogP contribution < -0.4 is 5.32 Å².